The fourth-order valence-corrected chi connectivity index (χ4v) is 4.55. The van der Waals surface area contributed by atoms with Gasteiger partial charge in [0.15, 0.2) is 0 Å². The van der Waals surface area contributed by atoms with E-state index in [9.17, 15) is 4.39 Å². The fraction of sp³-hybridized carbons (Fsp3) is 0.300. The van der Waals surface area contributed by atoms with Crippen LogP contribution in [0.25, 0.3) is 5.57 Å². The van der Waals surface area contributed by atoms with Crippen LogP contribution in [0.3, 0.4) is 0 Å². The van der Waals surface area contributed by atoms with Gasteiger partial charge in [0, 0.05) is 28.7 Å². The van der Waals surface area contributed by atoms with Crippen LogP contribution in [-0.4, -0.2) is 17.0 Å². The first-order chi connectivity index (χ1) is 11.2. The van der Waals surface area contributed by atoms with E-state index in [1.807, 2.05) is 6.07 Å². The molecule has 2 aromatic rings. The summed E-state index contributed by atoms with van der Waals surface area (Å²) in [6.07, 6.45) is 5.59. The van der Waals surface area contributed by atoms with E-state index in [0.717, 1.165) is 28.6 Å². The Hall–Kier alpha value is -1.45. The van der Waals surface area contributed by atoms with Crippen molar-refractivity contribution < 1.29 is 4.39 Å². The van der Waals surface area contributed by atoms with Crippen LogP contribution in [-0.2, 0) is 6.54 Å². The van der Waals surface area contributed by atoms with Gasteiger partial charge in [-0.3, -0.25) is 4.90 Å². The first-order valence-electron chi connectivity index (χ1n) is 8.17. The highest BCUT2D eigenvalue weighted by Crippen LogP contribution is 2.41. The lowest BCUT2D eigenvalue weighted by Gasteiger charge is -2.34. The van der Waals surface area contributed by atoms with Gasteiger partial charge in [0.05, 0.1) is 0 Å². The summed E-state index contributed by atoms with van der Waals surface area (Å²) in [7, 11) is 0. The zero-order valence-electron chi connectivity index (χ0n) is 12.9. The summed E-state index contributed by atoms with van der Waals surface area (Å²) in [6, 6.07) is 16.8. The van der Waals surface area contributed by atoms with Gasteiger partial charge in [-0.05, 0) is 42.5 Å². The van der Waals surface area contributed by atoms with Crippen molar-refractivity contribution in [3.05, 3.63) is 76.0 Å². The molecule has 2 aromatic carbocycles. The monoisotopic (exact) mass is 371 g/mol. The fourth-order valence-electron chi connectivity index (χ4n) is 3.95. The van der Waals surface area contributed by atoms with Crippen LogP contribution < -0.4 is 0 Å². The summed E-state index contributed by atoms with van der Waals surface area (Å²) < 4.78 is 15.1. The van der Waals surface area contributed by atoms with E-state index in [4.69, 9.17) is 0 Å². The number of hydrogen-bond acceptors (Lipinski definition) is 1. The maximum absolute atomic E-state index is 14.3. The van der Waals surface area contributed by atoms with Gasteiger partial charge < -0.3 is 0 Å². The molecule has 2 heterocycles. The molecule has 2 aliphatic rings. The van der Waals surface area contributed by atoms with Crippen molar-refractivity contribution in [2.45, 2.75) is 37.9 Å². The van der Waals surface area contributed by atoms with E-state index in [2.05, 4.69) is 57.2 Å². The highest BCUT2D eigenvalue weighted by atomic mass is 79.9. The number of hydrogen-bond donors (Lipinski definition) is 0. The second-order valence-corrected chi connectivity index (χ2v) is 7.30. The summed E-state index contributed by atoms with van der Waals surface area (Å²) in [4.78, 5) is 2.58. The van der Waals surface area contributed by atoms with Crippen LogP contribution in [0.5, 0.6) is 0 Å². The Morgan fingerprint density at radius 2 is 1.87 bits per heavy atom. The minimum atomic E-state index is -0.124. The Morgan fingerprint density at radius 1 is 1.04 bits per heavy atom. The first-order valence-corrected chi connectivity index (χ1v) is 8.96. The minimum absolute atomic E-state index is 0.124. The summed E-state index contributed by atoms with van der Waals surface area (Å²) >= 11 is 3.52. The predicted octanol–water partition coefficient (Wildman–Crippen LogP) is 5.41. The molecule has 0 spiro atoms. The average Bonchev–Trinajstić information content (AvgIpc) is 2.78. The molecule has 0 N–H and O–H groups in total. The van der Waals surface area contributed by atoms with Crippen LogP contribution in [0.4, 0.5) is 4.39 Å². The molecule has 118 valence electrons. The lowest BCUT2D eigenvalue weighted by Crippen LogP contribution is -2.37. The molecule has 4 rings (SSSR count). The van der Waals surface area contributed by atoms with E-state index >= 15 is 0 Å². The molecule has 0 saturated carbocycles. The van der Waals surface area contributed by atoms with Crippen LogP contribution in [0, 0.1) is 5.82 Å². The van der Waals surface area contributed by atoms with E-state index in [0.29, 0.717) is 12.1 Å². The van der Waals surface area contributed by atoms with Gasteiger partial charge in [-0.15, -0.1) is 0 Å². The second kappa shape index (κ2) is 6.21. The summed E-state index contributed by atoms with van der Waals surface area (Å²) in [5.74, 6) is -0.124. The zero-order valence-corrected chi connectivity index (χ0v) is 14.5. The number of halogens is 2. The van der Waals surface area contributed by atoms with Gasteiger partial charge in [0.1, 0.15) is 5.82 Å². The molecular formula is C20H19BrFN. The summed E-state index contributed by atoms with van der Waals surface area (Å²) in [6.45, 7) is 0.985. The zero-order chi connectivity index (χ0) is 15.8. The largest absolute Gasteiger partial charge is 0.289 e. The summed E-state index contributed by atoms with van der Waals surface area (Å²) in [5.41, 5.74) is 3.27. The van der Waals surface area contributed by atoms with E-state index in [1.165, 1.54) is 18.4 Å². The van der Waals surface area contributed by atoms with Gasteiger partial charge in [-0.2, -0.15) is 0 Å². The van der Waals surface area contributed by atoms with Crippen molar-refractivity contribution in [1.29, 1.82) is 0 Å². The van der Waals surface area contributed by atoms with Crippen molar-refractivity contribution in [3.8, 4) is 0 Å². The van der Waals surface area contributed by atoms with Gasteiger partial charge in [-0.25, -0.2) is 4.39 Å². The molecular weight excluding hydrogens is 353 g/mol. The van der Waals surface area contributed by atoms with Crippen molar-refractivity contribution in [3.63, 3.8) is 0 Å². The van der Waals surface area contributed by atoms with Crippen molar-refractivity contribution >= 4 is 21.5 Å². The molecule has 0 aliphatic carbocycles. The van der Waals surface area contributed by atoms with E-state index in [-0.39, 0.29) is 5.82 Å². The molecule has 1 saturated heterocycles. The minimum Gasteiger partial charge on any atom is -0.289 e. The molecule has 23 heavy (non-hydrogen) atoms. The number of benzene rings is 2. The lowest BCUT2D eigenvalue weighted by molar-refractivity contribution is 0.203. The first kappa shape index (κ1) is 15.1. The molecule has 2 aliphatic heterocycles. The SMILES string of the molecule is Fc1cccc(Br)c1C1=CC2CCC(C1)N2Cc1ccccc1. The van der Waals surface area contributed by atoms with Gasteiger partial charge in [0.25, 0.3) is 0 Å². The highest BCUT2D eigenvalue weighted by molar-refractivity contribution is 9.10. The quantitative estimate of drug-likeness (QED) is 0.697. The standard InChI is InChI=1S/C20H19BrFN/c21-18-7-4-8-19(22)20(18)15-11-16-9-10-17(12-15)23(16)13-14-5-2-1-3-6-14/h1-8,11,16-17H,9-10,12-13H2. The maximum atomic E-state index is 14.3. The Morgan fingerprint density at radius 3 is 2.61 bits per heavy atom. The molecule has 1 nitrogen and oxygen atoms in total. The van der Waals surface area contributed by atoms with Gasteiger partial charge in [0.2, 0.25) is 0 Å². The lowest BCUT2D eigenvalue weighted by atomic mass is 9.94. The van der Waals surface area contributed by atoms with Crippen molar-refractivity contribution in [1.82, 2.24) is 4.90 Å². The molecule has 2 unspecified atom stereocenters. The predicted molar refractivity (Wildman–Crippen MR) is 95.5 cm³/mol. The van der Waals surface area contributed by atoms with Gasteiger partial charge in [-0.1, -0.05) is 58.4 Å². The van der Waals surface area contributed by atoms with Crippen molar-refractivity contribution in [2.24, 2.45) is 0 Å². The third kappa shape index (κ3) is 2.88. The Labute approximate surface area is 144 Å². The molecule has 1 fully saturated rings. The Kier molecular flexibility index (Phi) is 4.08. The molecule has 0 radical (unpaired) electrons. The van der Waals surface area contributed by atoms with Gasteiger partial charge >= 0.3 is 0 Å². The molecule has 0 amide bonds. The molecule has 2 atom stereocenters. The average molecular weight is 372 g/mol. The molecule has 3 heteroatoms. The number of rotatable bonds is 3. The maximum Gasteiger partial charge on any atom is 0.131 e. The molecule has 0 aromatic heterocycles. The Bertz CT molecular complexity index is 720. The third-order valence-electron chi connectivity index (χ3n) is 5.03. The van der Waals surface area contributed by atoms with Crippen LogP contribution in [0.1, 0.15) is 30.4 Å². The smallest absolute Gasteiger partial charge is 0.131 e. The number of nitrogens with zero attached hydrogens (tertiary/aromatic N) is 1. The van der Waals surface area contributed by atoms with E-state index < -0.39 is 0 Å². The van der Waals surface area contributed by atoms with Crippen LogP contribution in [0.2, 0.25) is 0 Å². The normalized spacial score (nSPS) is 23.8. The van der Waals surface area contributed by atoms with Crippen LogP contribution >= 0.6 is 15.9 Å². The third-order valence-corrected chi connectivity index (χ3v) is 5.69. The summed E-state index contributed by atoms with van der Waals surface area (Å²) in [5, 5.41) is 0. The molecule has 2 bridgehead atoms. The topological polar surface area (TPSA) is 3.24 Å². The second-order valence-electron chi connectivity index (χ2n) is 6.45. The van der Waals surface area contributed by atoms with Crippen LogP contribution in [0.15, 0.2) is 59.1 Å². The Balaban J connectivity index is 1.62. The highest BCUT2D eigenvalue weighted by Gasteiger charge is 2.37. The number of fused-ring (bicyclic) bond motifs is 2. The van der Waals surface area contributed by atoms with Crippen molar-refractivity contribution in [2.75, 3.05) is 0 Å². The van der Waals surface area contributed by atoms with E-state index in [1.54, 1.807) is 12.1 Å².